The van der Waals surface area contributed by atoms with E-state index in [1.54, 1.807) is 7.11 Å². The molecule has 1 saturated heterocycles. The molecule has 0 aliphatic carbocycles. The van der Waals surface area contributed by atoms with Gasteiger partial charge in [0.2, 0.25) is 5.91 Å². The van der Waals surface area contributed by atoms with E-state index in [1.165, 1.54) is 0 Å². The summed E-state index contributed by atoms with van der Waals surface area (Å²) in [6, 6.07) is 8.56. The fourth-order valence-electron chi connectivity index (χ4n) is 3.03. The van der Waals surface area contributed by atoms with E-state index in [0.29, 0.717) is 13.2 Å². The zero-order chi connectivity index (χ0) is 18.9. The minimum absolute atomic E-state index is 0. The molecule has 1 fully saturated rings. The maximum absolute atomic E-state index is 12.1. The number of ether oxygens (including phenoxy) is 1. The van der Waals surface area contributed by atoms with Crippen molar-refractivity contribution < 1.29 is 9.53 Å². The second-order valence-electron chi connectivity index (χ2n) is 7.01. The van der Waals surface area contributed by atoms with Crippen molar-refractivity contribution in [3.8, 4) is 0 Å². The molecule has 27 heavy (non-hydrogen) atoms. The van der Waals surface area contributed by atoms with Gasteiger partial charge in [-0.3, -0.25) is 4.79 Å². The summed E-state index contributed by atoms with van der Waals surface area (Å²) in [5.41, 5.74) is 2.32. The third kappa shape index (κ3) is 7.65. The number of likely N-dealkylation sites (tertiary alicyclic amines) is 1. The van der Waals surface area contributed by atoms with Crippen LogP contribution in [0.3, 0.4) is 0 Å². The summed E-state index contributed by atoms with van der Waals surface area (Å²) < 4.78 is 5.14. The van der Waals surface area contributed by atoms with E-state index < -0.39 is 0 Å². The van der Waals surface area contributed by atoms with Crippen molar-refractivity contribution in [3.63, 3.8) is 0 Å². The summed E-state index contributed by atoms with van der Waals surface area (Å²) in [6.07, 6.45) is 0.953. The summed E-state index contributed by atoms with van der Waals surface area (Å²) in [5, 5.41) is 6.76. The monoisotopic (exact) mass is 488 g/mol. The van der Waals surface area contributed by atoms with Crippen LogP contribution in [-0.4, -0.2) is 49.6 Å². The normalized spacial score (nSPS) is 17.0. The smallest absolute Gasteiger partial charge is 0.225 e. The fourth-order valence-corrected chi connectivity index (χ4v) is 3.03. The quantitative estimate of drug-likeness (QED) is 0.352. The van der Waals surface area contributed by atoms with E-state index in [0.717, 1.165) is 43.1 Å². The molecule has 1 aliphatic rings. The Balaban J connectivity index is 0.00000364. The van der Waals surface area contributed by atoms with Gasteiger partial charge in [-0.05, 0) is 24.5 Å². The van der Waals surface area contributed by atoms with E-state index >= 15 is 0 Å². The molecule has 1 unspecified atom stereocenters. The molecule has 1 aromatic carbocycles. The van der Waals surface area contributed by atoms with Crippen molar-refractivity contribution in [3.05, 3.63) is 35.4 Å². The van der Waals surface area contributed by atoms with Crippen LogP contribution in [0.4, 0.5) is 0 Å². The lowest BCUT2D eigenvalue weighted by Crippen LogP contribution is -2.45. The van der Waals surface area contributed by atoms with Crippen LogP contribution in [-0.2, 0) is 22.7 Å². The highest BCUT2D eigenvalue weighted by molar-refractivity contribution is 14.0. The number of rotatable bonds is 7. The number of benzene rings is 1. The minimum Gasteiger partial charge on any atom is -0.380 e. The molecule has 2 rings (SSSR count). The van der Waals surface area contributed by atoms with E-state index in [-0.39, 0.29) is 41.8 Å². The highest BCUT2D eigenvalue weighted by Gasteiger charge is 2.27. The topological polar surface area (TPSA) is 66.0 Å². The zero-order valence-electron chi connectivity index (χ0n) is 16.8. The second kappa shape index (κ2) is 12.2. The lowest BCUT2D eigenvalue weighted by molar-refractivity contribution is -0.133. The predicted molar refractivity (Wildman–Crippen MR) is 120 cm³/mol. The number of guanidine groups is 1. The second-order valence-corrected chi connectivity index (χ2v) is 7.01. The van der Waals surface area contributed by atoms with E-state index in [2.05, 4.69) is 46.8 Å². The average Bonchev–Trinajstić information content (AvgIpc) is 3.09. The molecule has 0 saturated carbocycles. The Labute approximate surface area is 180 Å². The molecule has 0 aromatic heterocycles. The molecule has 1 heterocycles. The number of nitrogens with zero attached hydrogens (tertiary/aromatic N) is 2. The lowest BCUT2D eigenvalue weighted by Gasteiger charge is -2.20. The molecule has 1 atom stereocenters. The van der Waals surface area contributed by atoms with Gasteiger partial charge in [0.05, 0.1) is 13.2 Å². The first kappa shape index (κ1) is 23.7. The molecular formula is C20H33IN4O2. The summed E-state index contributed by atoms with van der Waals surface area (Å²) in [5.74, 6) is 1.08. The van der Waals surface area contributed by atoms with Crippen LogP contribution >= 0.6 is 24.0 Å². The Hall–Kier alpha value is -1.35. The maximum atomic E-state index is 12.1. The van der Waals surface area contributed by atoms with Gasteiger partial charge in [-0.1, -0.05) is 38.1 Å². The summed E-state index contributed by atoms with van der Waals surface area (Å²) >= 11 is 0. The van der Waals surface area contributed by atoms with Gasteiger partial charge < -0.3 is 20.3 Å². The molecular weight excluding hydrogens is 455 g/mol. The van der Waals surface area contributed by atoms with E-state index in [4.69, 9.17) is 4.74 Å². The number of hydrogen-bond acceptors (Lipinski definition) is 3. The van der Waals surface area contributed by atoms with Crippen molar-refractivity contribution in [2.75, 3.05) is 26.7 Å². The molecule has 1 aliphatic heterocycles. The van der Waals surface area contributed by atoms with Crippen molar-refractivity contribution in [1.82, 2.24) is 15.5 Å². The molecule has 2 N–H and O–H groups in total. The van der Waals surface area contributed by atoms with Crippen molar-refractivity contribution in [1.29, 1.82) is 0 Å². The number of halogens is 1. The molecule has 1 aromatic rings. The molecule has 1 amide bonds. The van der Waals surface area contributed by atoms with Crippen LogP contribution in [0.25, 0.3) is 0 Å². The SMILES string of the molecule is CCNC(=NCc1ccc(COC)cc1)NC1CCN(C(=O)C(C)C)C1.I. The molecule has 152 valence electrons. The highest BCUT2D eigenvalue weighted by Crippen LogP contribution is 2.13. The summed E-state index contributed by atoms with van der Waals surface area (Å²) in [7, 11) is 1.70. The number of carbonyl (C=O) groups excluding carboxylic acids is 1. The highest BCUT2D eigenvalue weighted by atomic mass is 127. The number of aliphatic imine (C=N–C) groups is 1. The van der Waals surface area contributed by atoms with Gasteiger partial charge in [-0.25, -0.2) is 4.99 Å². The third-order valence-corrected chi connectivity index (χ3v) is 4.43. The van der Waals surface area contributed by atoms with E-state index in [9.17, 15) is 4.79 Å². The number of methoxy groups -OCH3 is 1. The molecule has 0 bridgehead atoms. The molecule has 7 heteroatoms. The number of nitrogens with one attached hydrogen (secondary N) is 2. The third-order valence-electron chi connectivity index (χ3n) is 4.43. The van der Waals surface area contributed by atoms with Gasteiger partial charge in [-0.15, -0.1) is 24.0 Å². The summed E-state index contributed by atoms with van der Waals surface area (Å²) in [6.45, 7) is 9.56. The Morgan fingerprint density at radius 3 is 2.56 bits per heavy atom. The number of hydrogen-bond donors (Lipinski definition) is 2. The maximum Gasteiger partial charge on any atom is 0.225 e. The fraction of sp³-hybridized carbons (Fsp3) is 0.600. The Bertz CT molecular complexity index is 605. The van der Waals surface area contributed by atoms with Crippen LogP contribution in [0, 0.1) is 5.92 Å². The standard InChI is InChI=1S/C20H32N4O2.HI/c1-5-21-20(22-12-16-6-8-17(9-7-16)14-26-4)23-18-10-11-24(13-18)19(25)15(2)3;/h6-9,15,18H,5,10-14H2,1-4H3,(H2,21,22,23);1H. The van der Waals surface area contributed by atoms with E-state index in [1.807, 2.05) is 18.7 Å². The van der Waals surface area contributed by atoms with Crippen molar-refractivity contribution >= 4 is 35.8 Å². The van der Waals surface area contributed by atoms with Crippen molar-refractivity contribution in [2.45, 2.75) is 46.4 Å². The first-order valence-electron chi connectivity index (χ1n) is 9.43. The van der Waals surface area contributed by atoms with Crippen LogP contribution in [0.5, 0.6) is 0 Å². The Morgan fingerprint density at radius 2 is 1.96 bits per heavy atom. The predicted octanol–water partition coefficient (Wildman–Crippen LogP) is 2.76. The van der Waals surface area contributed by atoms with Gasteiger partial charge in [0.25, 0.3) is 0 Å². The van der Waals surface area contributed by atoms with Gasteiger partial charge in [0.15, 0.2) is 5.96 Å². The van der Waals surface area contributed by atoms with Gasteiger partial charge in [0, 0.05) is 38.7 Å². The van der Waals surface area contributed by atoms with Gasteiger partial charge in [0.1, 0.15) is 0 Å². The van der Waals surface area contributed by atoms with Crippen LogP contribution in [0.1, 0.15) is 38.3 Å². The molecule has 0 spiro atoms. The zero-order valence-corrected chi connectivity index (χ0v) is 19.2. The van der Waals surface area contributed by atoms with Crippen LogP contribution in [0.15, 0.2) is 29.3 Å². The van der Waals surface area contributed by atoms with Crippen molar-refractivity contribution in [2.24, 2.45) is 10.9 Å². The minimum atomic E-state index is 0. The number of amides is 1. The largest absolute Gasteiger partial charge is 0.380 e. The first-order chi connectivity index (χ1) is 12.5. The Kier molecular flexibility index (Phi) is 10.7. The first-order valence-corrected chi connectivity index (χ1v) is 9.43. The average molecular weight is 488 g/mol. The lowest BCUT2D eigenvalue weighted by atomic mass is 10.1. The number of carbonyl (C=O) groups is 1. The van der Waals surface area contributed by atoms with Gasteiger partial charge in [-0.2, -0.15) is 0 Å². The Morgan fingerprint density at radius 1 is 1.30 bits per heavy atom. The summed E-state index contributed by atoms with van der Waals surface area (Å²) in [4.78, 5) is 18.8. The molecule has 0 radical (unpaired) electrons. The van der Waals surface area contributed by atoms with Crippen LogP contribution in [0.2, 0.25) is 0 Å². The molecule has 6 nitrogen and oxygen atoms in total. The van der Waals surface area contributed by atoms with Crippen LogP contribution < -0.4 is 10.6 Å². The van der Waals surface area contributed by atoms with Gasteiger partial charge >= 0.3 is 0 Å².